The van der Waals surface area contributed by atoms with Gasteiger partial charge in [0.15, 0.2) is 0 Å². The van der Waals surface area contributed by atoms with Crippen LogP contribution in [0.4, 0.5) is 4.79 Å². The van der Waals surface area contributed by atoms with E-state index >= 15 is 0 Å². The molecule has 0 unspecified atom stereocenters. The van der Waals surface area contributed by atoms with Gasteiger partial charge in [-0.3, -0.25) is 0 Å². The fourth-order valence-electron chi connectivity index (χ4n) is 2.41. The van der Waals surface area contributed by atoms with Crippen molar-refractivity contribution < 1.29 is 9.53 Å². The molecule has 116 valence electrons. The largest absolute Gasteiger partial charge is 0.474 e. The van der Waals surface area contributed by atoms with E-state index in [2.05, 4.69) is 22.2 Å². The number of nitriles is 1. The molecule has 2 rings (SSSR count). The van der Waals surface area contributed by atoms with Crippen LogP contribution in [0.5, 0.6) is 5.88 Å². The summed E-state index contributed by atoms with van der Waals surface area (Å²) >= 11 is 0. The summed E-state index contributed by atoms with van der Waals surface area (Å²) < 4.78 is 5.81. The number of nitrogens with zero attached hydrogens (tertiary/aromatic N) is 2. The van der Waals surface area contributed by atoms with E-state index < -0.39 is 0 Å². The molecule has 1 saturated carbocycles. The van der Waals surface area contributed by atoms with Gasteiger partial charge in [-0.05, 0) is 31.7 Å². The van der Waals surface area contributed by atoms with E-state index in [-0.39, 0.29) is 18.2 Å². The van der Waals surface area contributed by atoms with Gasteiger partial charge in [-0.15, -0.1) is 6.58 Å². The third kappa shape index (κ3) is 4.77. The summed E-state index contributed by atoms with van der Waals surface area (Å²) in [5.41, 5.74) is 0.519. The average Bonchev–Trinajstić information content (AvgIpc) is 2.55. The lowest BCUT2D eigenvalue weighted by Crippen LogP contribution is -2.44. The predicted octanol–water partition coefficient (Wildman–Crippen LogP) is 2.13. The van der Waals surface area contributed by atoms with Crippen LogP contribution >= 0.6 is 0 Å². The molecule has 2 N–H and O–H groups in total. The molecular formula is C16H20N4O2. The maximum absolute atomic E-state index is 11.6. The van der Waals surface area contributed by atoms with Gasteiger partial charge >= 0.3 is 6.03 Å². The Bertz CT molecular complexity index is 542. The summed E-state index contributed by atoms with van der Waals surface area (Å²) in [7, 11) is 0. The molecular weight excluding hydrogens is 280 g/mol. The Balaban J connectivity index is 1.73. The van der Waals surface area contributed by atoms with Crippen molar-refractivity contribution in [2.75, 3.05) is 6.54 Å². The predicted molar refractivity (Wildman–Crippen MR) is 82.4 cm³/mol. The molecule has 0 aliphatic heterocycles. The fourth-order valence-corrected chi connectivity index (χ4v) is 2.41. The maximum Gasteiger partial charge on any atom is 0.315 e. The highest BCUT2D eigenvalue weighted by Crippen LogP contribution is 2.22. The molecule has 0 spiro atoms. The van der Waals surface area contributed by atoms with Gasteiger partial charge in [-0.2, -0.15) is 5.26 Å². The summed E-state index contributed by atoms with van der Waals surface area (Å²) in [4.78, 5) is 15.7. The van der Waals surface area contributed by atoms with Gasteiger partial charge in [0.05, 0.1) is 5.56 Å². The van der Waals surface area contributed by atoms with Crippen molar-refractivity contribution in [3.8, 4) is 11.9 Å². The third-order valence-electron chi connectivity index (χ3n) is 3.57. The van der Waals surface area contributed by atoms with E-state index in [4.69, 9.17) is 10.00 Å². The zero-order chi connectivity index (χ0) is 15.8. The highest BCUT2D eigenvalue weighted by Gasteiger charge is 2.23. The van der Waals surface area contributed by atoms with Crippen LogP contribution < -0.4 is 15.4 Å². The molecule has 1 heterocycles. The van der Waals surface area contributed by atoms with Crippen molar-refractivity contribution in [2.24, 2.45) is 0 Å². The van der Waals surface area contributed by atoms with Gasteiger partial charge in [0.25, 0.3) is 0 Å². The second-order valence-corrected chi connectivity index (χ2v) is 5.23. The molecule has 1 fully saturated rings. The van der Waals surface area contributed by atoms with Crippen molar-refractivity contribution in [1.82, 2.24) is 15.6 Å². The van der Waals surface area contributed by atoms with Crippen LogP contribution in [0.15, 0.2) is 31.0 Å². The molecule has 1 aliphatic rings. The van der Waals surface area contributed by atoms with Crippen LogP contribution in [0.1, 0.15) is 31.2 Å². The molecule has 6 heteroatoms. The summed E-state index contributed by atoms with van der Waals surface area (Å²) in [5, 5.41) is 14.4. The first-order valence-electron chi connectivity index (χ1n) is 7.39. The second kappa shape index (κ2) is 8.03. The standard InChI is InChI=1S/C16H20N4O2/c1-2-9-18-16(21)20-13-4-6-14(7-5-13)22-15-8-3-12(10-17)11-19-15/h2-3,8,11,13-14H,1,4-7,9H2,(H2,18,20,21). The number of ether oxygens (including phenoxy) is 1. The lowest BCUT2D eigenvalue weighted by Gasteiger charge is -2.29. The maximum atomic E-state index is 11.6. The number of nitrogens with one attached hydrogen (secondary N) is 2. The first kappa shape index (κ1) is 15.8. The summed E-state index contributed by atoms with van der Waals surface area (Å²) in [6.07, 6.45) is 6.75. The molecule has 0 aromatic carbocycles. The van der Waals surface area contributed by atoms with Gasteiger partial charge in [-0.25, -0.2) is 9.78 Å². The SMILES string of the molecule is C=CCNC(=O)NC1CCC(Oc2ccc(C#N)cn2)CC1. The van der Waals surface area contributed by atoms with Crippen LogP contribution in [0.25, 0.3) is 0 Å². The van der Waals surface area contributed by atoms with Gasteiger partial charge in [0.2, 0.25) is 5.88 Å². The normalized spacial score (nSPS) is 20.5. The van der Waals surface area contributed by atoms with Crippen LogP contribution in [0.2, 0.25) is 0 Å². The summed E-state index contributed by atoms with van der Waals surface area (Å²) in [6.45, 7) is 4.02. The minimum absolute atomic E-state index is 0.106. The molecule has 22 heavy (non-hydrogen) atoms. The molecule has 0 atom stereocenters. The molecule has 6 nitrogen and oxygen atoms in total. The Morgan fingerprint density at radius 1 is 1.45 bits per heavy atom. The quantitative estimate of drug-likeness (QED) is 0.815. The molecule has 0 saturated heterocycles. The number of hydrogen-bond acceptors (Lipinski definition) is 4. The smallest absolute Gasteiger partial charge is 0.315 e. The highest BCUT2D eigenvalue weighted by molar-refractivity contribution is 5.74. The van der Waals surface area contributed by atoms with Gasteiger partial charge < -0.3 is 15.4 Å². The van der Waals surface area contributed by atoms with Crippen molar-refractivity contribution >= 4 is 6.03 Å². The Hall–Kier alpha value is -2.55. The molecule has 1 aliphatic carbocycles. The average molecular weight is 300 g/mol. The first-order chi connectivity index (χ1) is 10.7. The number of hydrogen-bond donors (Lipinski definition) is 2. The van der Waals surface area contributed by atoms with E-state index in [0.717, 1.165) is 25.7 Å². The number of pyridine rings is 1. The molecule has 1 aromatic heterocycles. The Morgan fingerprint density at radius 2 is 2.23 bits per heavy atom. The molecule has 0 bridgehead atoms. The van der Waals surface area contributed by atoms with Gasteiger partial charge in [-0.1, -0.05) is 6.08 Å². The number of carbonyl (C=O) groups excluding carboxylic acids is 1. The summed E-state index contributed by atoms with van der Waals surface area (Å²) in [6, 6.07) is 5.46. The van der Waals surface area contributed by atoms with Gasteiger partial charge in [0.1, 0.15) is 12.2 Å². The molecule has 1 aromatic rings. The van der Waals surface area contributed by atoms with Gasteiger partial charge in [0, 0.05) is 24.8 Å². The van der Waals surface area contributed by atoms with E-state index in [9.17, 15) is 4.79 Å². The van der Waals surface area contributed by atoms with Crippen molar-refractivity contribution in [3.05, 3.63) is 36.5 Å². The van der Waals surface area contributed by atoms with Crippen molar-refractivity contribution in [1.29, 1.82) is 5.26 Å². The van der Waals surface area contributed by atoms with E-state index in [0.29, 0.717) is 18.0 Å². The van der Waals surface area contributed by atoms with Crippen molar-refractivity contribution in [3.63, 3.8) is 0 Å². The zero-order valence-corrected chi connectivity index (χ0v) is 12.4. The van der Waals surface area contributed by atoms with Crippen LogP contribution in [0.3, 0.4) is 0 Å². The number of carbonyl (C=O) groups is 1. The number of urea groups is 1. The monoisotopic (exact) mass is 300 g/mol. The fraction of sp³-hybridized carbons (Fsp3) is 0.438. The topological polar surface area (TPSA) is 87.0 Å². The second-order valence-electron chi connectivity index (χ2n) is 5.23. The number of rotatable bonds is 5. The lowest BCUT2D eigenvalue weighted by molar-refractivity contribution is 0.135. The van der Waals surface area contributed by atoms with Crippen LogP contribution in [-0.4, -0.2) is 29.7 Å². The first-order valence-corrected chi connectivity index (χ1v) is 7.39. The number of amides is 2. The summed E-state index contributed by atoms with van der Waals surface area (Å²) in [5.74, 6) is 0.541. The molecule has 0 radical (unpaired) electrons. The Kier molecular flexibility index (Phi) is 5.78. The third-order valence-corrected chi connectivity index (χ3v) is 3.57. The lowest BCUT2D eigenvalue weighted by atomic mass is 9.93. The minimum atomic E-state index is -0.155. The Morgan fingerprint density at radius 3 is 2.82 bits per heavy atom. The van der Waals surface area contributed by atoms with E-state index in [1.54, 1.807) is 18.2 Å². The van der Waals surface area contributed by atoms with E-state index in [1.807, 2.05) is 6.07 Å². The Labute approximate surface area is 130 Å². The minimum Gasteiger partial charge on any atom is -0.474 e. The van der Waals surface area contributed by atoms with E-state index in [1.165, 1.54) is 6.20 Å². The van der Waals surface area contributed by atoms with Crippen molar-refractivity contribution in [2.45, 2.75) is 37.8 Å². The number of aromatic nitrogens is 1. The van der Waals surface area contributed by atoms with Crippen LogP contribution in [0, 0.1) is 11.3 Å². The van der Waals surface area contributed by atoms with Crippen LogP contribution in [-0.2, 0) is 0 Å². The molecule has 2 amide bonds. The highest BCUT2D eigenvalue weighted by atomic mass is 16.5. The zero-order valence-electron chi connectivity index (χ0n) is 12.4.